The van der Waals surface area contributed by atoms with Gasteiger partial charge < -0.3 is 8.97 Å². The number of nitrogens with zero attached hydrogens (tertiary/aromatic N) is 2. The van der Waals surface area contributed by atoms with Gasteiger partial charge in [-0.3, -0.25) is 0 Å². The van der Waals surface area contributed by atoms with Crippen LogP contribution in [0.2, 0.25) is 0 Å². The van der Waals surface area contributed by atoms with Gasteiger partial charge in [0.1, 0.15) is 0 Å². The first-order valence-electron chi connectivity index (χ1n) is 17.5. The second kappa shape index (κ2) is 10.0. The topological polar surface area (TPSA) is 9.34 Å². The lowest BCUT2D eigenvalue weighted by molar-refractivity contribution is 0.591. The van der Waals surface area contributed by atoms with E-state index in [0.29, 0.717) is 0 Å². The first-order chi connectivity index (χ1) is 24.4. The molecule has 0 fully saturated rings. The maximum Gasteiger partial charge on any atom is 0.250 e. The molecule has 1 aliphatic heterocycles. The average Bonchev–Trinajstić information content (AvgIpc) is 3.77. The van der Waals surface area contributed by atoms with Crippen LogP contribution < -0.4 is 16.4 Å². The molecule has 0 unspecified atom stereocenters. The van der Waals surface area contributed by atoms with Crippen LogP contribution in [0.3, 0.4) is 0 Å². The SMILES string of the molecule is CC(C)(C)c1cc2c3c(c1)c1cc(I)ccc1n3-c1ccc3c4cccc5c6ccccc6n(c3c1B2c1ccccc1-c1ccccc1)c54. The number of halogens is 1. The van der Waals surface area contributed by atoms with E-state index in [2.05, 4.69) is 192 Å². The van der Waals surface area contributed by atoms with E-state index in [0.717, 1.165) is 0 Å². The first kappa shape index (κ1) is 28.7. The van der Waals surface area contributed by atoms with Crippen molar-refractivity contribution in [1.29, 1.82) is 0 Å². The van der Waals surface area contributed by atoms with Crippen LogP contribution in [0.15, 0.2) is 140 Å². The molecule has 7 aromatic carbocycles. The van der Waals surface area contributed by atoms with Crippen LogP contribution in [0.1, 0.15) is 26.3 Å². The van der Waals surface area contributed by atoms with Gasteiger partial charge in [0.05, 0.1) is 22.1 Å². The predicted molar refractivity (Wildman–Crippen MR) is 223 cm³/mol. The Morgan fingerprint density at radius 1 is 0.520 bits per heavy atom. The molecule has 0 amide bonds. The molecule has 236 valence electrons. The Labute approximate surface area is 304 Å². The Kier molecular flexibility index (Phi) is 5.76. The molecule has 3 aromatic heterocycles. The molecule has 50 heavy (non-hydrogen) atoms. The van der Waals surface area contributed by atoms with E-state index in [-0.39, 0.29) is 12.1 Å². The lowest BCUT2D eigenvalue weighted by Gasteiger charge is -2.31. The first-order valence-corrected chi connectivity index (χ1v) is 18.6. The van der Waals surface area contributed by atoms with Crippen molar-refractivity contribution >= 4 is 106 Å². The van der Waals surface area contributed by atoms with Gasteiger partial charge in [0, 0.05) is 47.1 Å². The van der Waals surface area contributed by atoms with Crippen LogP contribution in [0.4, 0.5) is 0 Å². The zero-order valence-electron chi connectivity index (χ0n) is 28.1. The zero-order valence-corrected chi connectivity index (χ0v) is 30.3. The number of benzene rings is 7. The summed E-state index contributed by atoms with van der Waals surface area (Å²) >= 11 is 2.48. The molecule has 0 N–H and O–H groups in total. The lowest BCUT2D eigenvalue weighted by atomic mass is 9.34. The van der Waals surface area contributed by atoms with Crippen molar-refractivity contribution in [2.24, 2.45) is 0 Å². The molecule has 1 aliphatic rings. The van der Waals surface area contributed by atoms with Gasteiger partial charge in [0.2, 0.25) is 6.71 Å². The van der Waals surface area contributed by atoms with Gasteiger partial charge >= 0.3 is 0 Å². The van der Waals surface area contributed by atoms with E-state index >= 15 is 0 Å². The average molecular weight is 750 g/mol. The summed E-state index contributed by atoms with van der Waals surface area (Å²) in [4.78, 5) is 0. The molecule has 10 aromatic rings. The maximum absolute atomic E-state index is 2.59. The molecule has 0 saturated heterocycles. The van der Waals surface area contributed by atoms with E-state index in [1.807, 2.05) is 0 Å². The lowest BCUT2D eigenvalue weighted by Crippen LogP contribution is -2.57. The highest BCUT2D eigenvalue weighted by molar-refractivity contribution is 14.1. The number of fused-ring (bicyclic) bond motifs is 12. The molecule has 0 radical (unpaired) electrons. The fourth-order valence-corrected chi connectivity index (χ4v) is 9.66. The van der Waals surface area contributed by atoms with Gasteiger partial charge in [0.15, 0.2) is 0 Å². The van der Waals surface area contributed by atoms with Gasteiger partial charge in [-0.05, 0) is 92.0 Å². The fourth-order valence-electron chi connectivity index (χ4n) is 9.17. The van der Waals surface area contributed by atoms with Crippen LogP contribution in [-0.2, 0) is 5.41 Å². The summed E-state index contributed by atoms with van der Waals surface area (Å²) in [6, 6.07) is 52.7. The summed E-state index contributed by atoms with van der Waals surface area (Å²) in [5, 5.41) is 7.92. The largest absolute Gasteiger partial charge is 0.310 e. The minimum atomic E-state index is -0.0253. The van der Waals surface area contributed by atoms with Gasteiger partial charge in [-0.1, -0.05) is 129 Å². The molecular weight excluding hydrogens is 718 g/mol. The van der Waals surface area contributed by atoms with Crippen molar-refractivity contribution in [1.82, 2.24) is 8.97 Å². The molecule has 0 spiro atoms. The van der Waals surface area contributed by atoms with E-state index in [4.69, 9.17) is 0 Å². The van der Waals surface area contributed by atoms with E-state index in [1.54, 1.807) is 0 Å². The smallest absolute Gasteiger partial charge is 0.250 e. The Hall–Kier alpha value is -5.07. The summed E-state index contributed by atoms with van der Waals surface area (Å²) in [5.41, 5.74) is 15.7. The Balaban J connectivity index is 1.42. The summed E-state index contributed by atoms with van der Waals surface area (Å²) in [6.07, 6.45) is 0. The molecule has 11 rings (SSSR count). The van der Waals surface area contributed by atoms with Crippen molar-refractivity contribution in [2.45, 2.75) is 26.2 Å². The summed E-state index contributed by atoms with van der Waals surface area (Å²) < 4.78 is 6.44. The standard InChI is InChI=1S/C46H32BIN2/c1-46(2,3)28-24-36-35-26-29(48)20-22-40(35)49-41-23-21-34-33-17-11-16-32-31-15-8-10-19-39(31)50(43(32)33)45(34)42(41)47(38(25-28)44(36)49)37-18-9-7-14-30(37)27-12-5-4-6-13-27/h4-26H,1-3H3. The molecule has 4 heteroatoms. The van der Waals surface area contributed by atoms with Crippen molar-refractivity contribution < 1.29 is 0 Å². The van der Waals surface area contributed by atoms with Gasteiger partial charge in [0.25, 0.3) is 0 Å². The predicted octanol–water partition coefficient (Wildman–Crippen LogP) is 10.3. The van der Waals surface area contributed by atoms with Crippen LogP contribution in [0.5, 0.6) is 0 Å². The highest BCUT2D eigenvalue weighted by Crippen LogP contribution is 2.42. The summed E-state index contributed by atoms with van der Waals surface area (Å²) in [7, 11) is 0. The van der Waals surface area contributed by atoms with Crippen LogP contribution in [0.25, 0.3) is 76.7 Å². The second-order valence-electron chi connectivity index (χ2n) is 15.0. The fraction of sp³-hybridized carbons (Fsp3) is 0.0870. The van der Waals surface area contributed by atoms with Crippen LogP contribution >= 0.6 is 22.6 Å². The third-order valence-corrected chi connectivity index (χ3v) is 12.0. The monoisotopic (exact) mass is 750 g/mol. The number of rotatable bonds is 2. The Bertz CT molecular complexity index is 3030. The van der Waals surface area contributed by atoms with Crippen molar-refractivity contribution in [3.63, 3.8) is 0 Å². The normalized spacial score (nSPS) is 13.2. The molecule has 0 saturated carbocycles. The minimum absolute atomic E-state index is 0.00237. The second-order valence-corrected chi connectivity index (χ2v) is 16.3. The zero-order chi connectivity index (χ0) is 33.5. The molecular formula is C46H32BIN2. The van der Waals surface area contributed by atoms with Crippen molar-refractivity contribution in [3.05, 3.63) is 149 Å². The number of hydrogen-bond donors (Lipinski definition) is 0. The van der Waals surface area contributed by atoms with Crippen molar-refractivity contribution in [3.8, 4) is 16.8 Å². The minimum Gasteiger partial charge on any atom is -0.310 e. The van der Waals surface area contributed by atoms with E-state index < -0.39 is 0 Å². The van der Waals surface area contributed by atoms with Gasteiger partial charge in [-0.2, -0.15) is 0 Å². The molecule has 2 nitrogen and oxygen atoms in total. The third kappa shape index (κ3) is 3.70. The van der Waals surface area contributed by atoms with E-state index in [1.165, 1.54) is 102 Å². The van der Waals surface area contributed by atoms with E-state index in [9.17, 15) is 0 Å². The highest BCUT2D eigenvalue weighted by atomic mass is 127. The summed E-state index contributed by atoms with van der Waals surface area (Å²) in [6.45, 7) is 7.06. The quantitative estimate of drug-likeness (QED) is 0.123. The van der Waals surface area contributed by atoms with Gasteiger partial charge in [-0.15, -0.1) is 0 Å². The van der Waals surface area contributed by atoms with Crippen LogP contribution in [0, 0.1) is 3.57 Å². The molecule has 0 aliphatic carbocycles. The van der Waals surface area contributed by atoms with Gasteiger partial charge in [-0.25, -0.2) is 0 Å². The number of aromatic nitrogens is 2. The molecule has 0 bridgehead atoms. The number of para-hydroxylation sites is 2. The molecule has 0 atom stereocenters. The van der Waals surface area contributed by atoms with Crippen molar-refractivity contribution in [2.75, 3.05) is 0 Å². The summed E-state index contributed by atoms with van der Waals surface area (Å²) in [5.74, 6) is 0. The maximum atomic E-state index is 2.59. The Morgan fingerprint density at radius 2 is 1.24 bits per heavy atom. The highest BCUT2D eigenvalue weighted by Gasteiger charge is 2.39. The Morgan fingerprint density at radius 3 is 2.08 bits per heavy atom. The number of hydrogen-bond acceptors (Lipinski definition) is 0. The van der Waals surface area contributed by atoms with Crippen LogP contribution in [-0.4, -0.2) is 15.7 Å². The molecule has 4 heterocycles. The third-order valence-electron chi connectivity index (χ3n) is 11.3.